The number of nitrogens with zero attached hydrogens (tertiary/aromatic N) is 3. The molecule has 1 heterocycles. The van der Waals surface area contributed by atoms with Crippen molar-refractivity contribution in [2.45, 2.75) is 58.5 Å². The van der Waals surface area contributed by atoms with Crippen LogP contribution in [0.2, 0.25) is 0 Å². The van der Waals surface area contributed by atoms with Gasteiger partial charge >= 0.3 is 0 Å². The lowest BCUT2D eigenvalue weighted by Gasteiger charge is -2.38. The van der Waals surface area contributed by atoms with Gasteiger partial charge in [0.2, 0.25) is 0 Å². The summed E-state index contributed by atoms with van der Waals surface area (Å²) in [6.07, 6.45) is 7.27. The molecule has 1 N–H and O–H groups in total. The Morgan fingerprint density at radius 2 is 2.20 bits per heavy atom. The van der Waals surface area contributed by atoms with E-state index in [1.165, 1.54) is 12.8 Å². The number of aliphatic hydroxyl groups excluding tert-OH is 1. The number of nitriles is 1. The third kappa shape index (κ3) is 2.73. The Labute approximate surface area is 121 Å². The molecule has 0 radical (unpaired) electrons. The van der Waals surface area contributed by atoms with Crippen molar-refractivity contribution in [3.63, 3.8) is 0 Å². The first-order chi connectivity index (χ1) is 9.52. The molecule has 1 aromatic rings. The number of hydrogen-bond acceptors (Lipinski definition) is 3. The molecule has 1 aromatic heterocycles. The van der Waals surface area contributed by atoms with Gasteiger partial charge in [-0.3, -0.25) is 4.68 Å². The van der Waals surface area contributed by atoms with Crippen LogP contribution in [0.5, 0.6) is 0 Å². The lowest BCUT2D eigenvalue weighted by Crippen LogP contribution is -2.32. The van der Waals surface area contributed by atoms with Crippen LogP contribution in [-0.2, 0) is 7.05 Å². The fourth-order valence-corrected chi connectivity index (χ4v) is 3.52. The maximum absolute atomic E-state index is 10.7. The van der Waals surface area contributed by atoms with Crippen LogP contribution >= 0.6 is 0 Å². The molecule has 1 saturated carbocycles. The van der Waals surface area contributed by atoms with Crippen LogP contribution in [0.1, 0.15) is 62.8 Å². The van der Waals surface area contributed by atoms with E-state index in [0.29, 0.717) is 0 Å². The minimum absolute atomic E-state index is 0.627. The maximum atomic E-state index is 10.7. The minimum Gasteiger partial charge on any atom is -0.387 e. The molecular formula is C16H25N3O. The van der Waals surface area contributed by atoms with Crippen molar-refractivity contribution in [3.05, 3.63) is 17.5 Å². The molecule has 1 atom stereocenters. The third-order valence-corrected chi connectivity index (χ3v) is 4.79. The molecule has 0 saturated heterocycles. The summed E-state index contributed by atoms with van der Waals surface area (Å²) in [5.41, 5.74) is 1.01. The number of aryl methyl sites for hydroxylation is 2. The molecule has 4 nitrogen and oxygen atoms in total. The molecule has 1 aliphatic rings. The Morgan fingerprint density at radius 1 is 1.55 bits per heavy atom. The van der Waals surface area contributed by atoms with E-state index in [1.54, 1.807) is 4.68 Å². The molecule has 1 aliphatic carbocycles. The summed E-state index contributed by atoms with van der Waals surface area (Å²) in [6, 6.07) is 2.43. The fraction of sp³-hybridized carbons (Fsp3) is 0.750. The zero-order valence-corrected chi connectivity index (χ0v) is 12.8. The van der Waals surface area contributed by atoms with Crippen LogP contribution < -0.4 is 0 Å². The van der Waals surface area contributed by atoms with E-state index in [1.807, 2.05) is 20.2 Å². The van der Waals surface area contributed by atoms with Gasteiger partial charge in [-0.25, -0.2) is 0 Å². The third-order valence-electron chi connectivity index (χ3n) is 4.79. The Kier molecular flexibility index (Phi) is 4.49. The van der Waals surface area contributed by atoms with Crippen molar-refractivity contribution in [2.24, 2.45) is 18.4 Å². The van der Waals surface area contributed by atoms with Gasteiger partial charge in [0.05, 0.1) is 17.2 Å². The first-order valence-electron chi connectivity index (χ1n) is 7.62. The first-order valence-corrected chi connectivity index (χ1v) is 7.62. The van der Waals surface area contributed by atoms with Crippen molar-refractivity contribution in [1.82, 2.24) is 9.78 Å². The first kappa shape index (κ1) is 15.1. The molecule has 20 heavy (non-hydrogen) atoms. The summed E-state index contributed by atoms with van der Waals surface area (Å²) in [4.78, 5) is 0. The second kappa shape index (κ2) is 5.97. The molecular weight excluding hydrogens is 250 g/mol. The summed E-state index contributed by atoms with van der Waals surface area (Å²) in [6.45, 7) is 4.10. The number of hydrogen-bond donors (Lipinski definition) is 1. The average Bonchev–Trinajstić information content (AvgIpc) is 2.78. The van der Waals surface area contributed by atoms with Crippen molar-refractivity contribution in [3.8, 4) is 6.07 Å². The van der Waals surface area contributed by atoms with E-state index in [4.69, 9.17) is 0 Å². The van der Waals surface area contributed by atoms with Gasteiger partial charge in [0.1, 0.15) is 6.10 Å². The van der Waals surface area contributed by atoms with Crippen LogP contribution in [0.4, 0.5) is 0 Å². The standard InChI is InChI=1S/C16H25N3O/c1-4-5-13-6-8-16(11-17,9-7-13)15(20)14-10-19(3)18-12(14)2/h10,13,15,20H,4-9H2,1-3H3. The Balaban J connectivity index is 2.16. The average molecular weight is 275 g/mol. The van der Waals surface area contributed by atoms with E-state index in [0.717, 1.165) is 42.9 Å². The Hall–Kier alpha value is -1.34. The molecule has 0 aliphatic heterocycles. The van der Waals surface area contributed by atoms with E-state index >= 15 is 0 Å². The lowest BCUT2D eigenvalue weighted by molar-refractivity contribution is 0.0232. The normalized spacial score (nSPS) is 28.1. The van der Waals surface area contributed by atoms with E-state index in [-0.39, 0.29) is 0 Å². The number of aliphatic hydroxyl groups is 1. The zero-order chi connectivity index (χ0) is 14.8. The predicted molar refractivity (Wildman–Crippen MR) is 77.8 cm³/mol. The summed E-state index contributed by atoms with van der Waals surface area (Å²) >= 11 is 0. The van der Waals surface area contributed by atoms with Crippen LogP contribution in [0.3, 0.4) is 0 Å². The predicted octanol–water partition coefficient (Wildman–Crippen LogP) is 3.26. The molecule has 110 valence electrons. The molecule has 2 rings (SSSR count). The van der Waals surface area contributed by atoms with Gasteiger partial charge in [-0.05, 0) is 38.5 Å². The summed E-state index contributed by atoms with van der Waals surface area (Å²) in [7, 11) is 1.85. The van der Waals surface area contributed by atoms with Gasteiger partial charge < -0.3 is 5.11 Å². The second-order valence-corrected chi connectivity index (χ2v) is 6.25. The Bertz CT molecular complexity index is 492. The van der Waals surface area contributed by atoms with E-state index in [9.17, 15) is 10.4 Å². The molecule has 4 heteroatoms. The molecule has 0 aromatic carbocycles. The SMILES string of the molecule is CCCC1CCC(C#N)(C(O)c2cn(C)nc2C)CC1. The Morgan fingerprint density at radius 3 is 2.65 bits per heavy atom. The second-order valence-electron chi connectivity index (χ2n) is 6.25. The van der Waals surface area contributed by atoms with E-state index < -0.39 is 11.5 Å². The van der Waals surface area contributed by atoms with Crippen molar-refractivity contribution < 1.29 is 5.11 Å². The monoisotopic (exact) mass is 275 g/mol. The maximum Gasteiger partial charge on any atom is 0.101 e. The largest absolute Gasteiger partial charge is 0.387 e. The van der Waals surface area contributed by atoms with Crippen LogP contribution in [0.15, 0.2) is 6.20 Å². The molecule has 1 unspecified atom stereocenters. The van der Waals surface area contributed by atoms with E-state index in [2.05, 4.69) is 18.1 Å². The quantitative estimate of drug-likeness (QED) is 0.917. The smallest absolute Gasteiger partial charge is 0.101 e. The zero-order valence-electron chi connectivity index (χ0n) is 12.8. The van der Waals surface area contributed by atoms with Crippen LogP contribution in [0.25, 0.3) is 0 Å². The highest BCUT2D eigenvalue weighted by molar-refractivity contribution is 5.24. The number of aromatic nitrogens is 2. The molecule has 0 bridgehead atoms. The highest BCUT2D eigenvalue weighted by atomic mass is 16.3. The summed E-state index contributed by atoms with van der Waals surface area (Å²) in [5, 5.41) is 24.7. The number of rotatable bonds is 4. The molecule has 0 spiro atoms. The van der Waals surface area contributed by atoms with Gasteiger partial charge in [-0.1, -0.05) is 19.8 Å². The van der Waals surface area contributed by atoms with Crippen molar-refractivity contribution in [2.75, 3.05) is 0 Å². The highest BCUT2D eigenvalue weighted by Gasteiger charge is 2.43. The van der Waals surface area contributed by atoms with Crippen LogP contribution in [0, 0.1) is 29.6 Å². The van der Waals surface area contributed by atoms with Crippen LogP contribution in [-0.4, -0.2) is 14.9 Å². The van der Waals surface area contributed by atoms with Gasteiger partial charge in [0.15, 0.2) is 0 Å². The highest BCUT2D eigenvalue weighted by Crippen LogP contribution is 2.48. The van der Waals surface area contributed by atoms with Gasteiger partial charge in [-0.2, -0.15) is 10.4 Å². The summed E-state index contributed by atoms with van der Waals surface area (Å²) in [5.74, 6) is 0.726. The van der Waals surface area contributed by atoms with Gasteiger partial charge in [0.25, 0.3) is 0 Å². The topological polar surface area (TPSA) is 61.8 Å². The lowest BCUT2D eigenvalue weighted by atomic mass is 9.66. The van der Waals surface area contributed by atoms with Crippen molar-refractivity contribution in [1.29, 1.82) is 5.26 Å². The molecule has 1 fully saturated rings. The van der Waals surface area contributed by atoms with Gasteiger partial charge in [-0.15, -0.1) is 0 Å². The van der Waals surface area contributed by atoms with Gasteiger partial charge in [0, 0.05) is 18.8 Å². The van der Waals surface area contributed by atoms with Crippen molar-refractivity contribution >= 4 is 0 Å². The fourth-order valence-electron chi connectivity index (χ4n) is 3.52. The molecule has 0 amide bonds. The summed E-state index contributed by atoms with van der Waals surface area (Å²) < 4.78 is 1.71. The minimum atomic E-state index is -0.719.